The van der Waals surface area contributed by atoms with E-state index in [0.29, 0.717) is 11.0 Å². The van der Waals surface area contributed by atoms with Gasteiger partial charge in [-0.3, -0.25) is 14.5 Å². The largest absolute Gasteiger partial charge is 0.325 e. The fourth-order valence-corrected chi connectivity index (χ4v) is 3.43. The minimum Gasteiger partial charge on any atom is -0.319 e. The van der Waals surface area contributed by atoms with Crippen LogP contribution in [0.4, 0.5) is 13.6 Å². The van der Waals surface area contributed by atoms with E-state index in [-0.39, 0.29) is 16.0 Å². The van der Waals surface area contributed by atoms with Crippen molar-refractivity contribution in [3.63, 3.8) is 0 Å². The van der Waals surface area contributed by atoms with E-state index < -0.39 is 51.5 Å². The van der Waals surface area contributed by atoms with Gasteiger partial charge in [0.2, 0.25) is 10.0 Å². The molecule has 0 spiro atoms. The average Bonchev–Trinajstić information content (AvgIpc) is 2.87. The van der Waals surface area contributed by atoms with Gasteiger partial charge >= 0.3 is 6.03 Å². The molecule has 0 saturated carbocycles. The van der Waals surface area contributed by atoms with E-state index in [4.69, 9.17) is 5.14 Å². The molecule has 3 rings (SSSR count). The van der Waals surface area contributed by atoms with Crippen LogP contribution in [0.15, 0.2) is 47.4 Å². The number of hydrogen-bond acceptors (Lipinski definition) is 5. The van der Waals surface area contributed by atoms with Crippen molar-refractivity contribution < 1.29 is 31.6 Å². The number of carbonyl (C=O) groups excluding carboxylic acids is 3. The summed E-state index contributed by atoms with van der Waals surface area (Å²) in [5.41, 5.74) is -1.48. The number of imide groups is 1. The zero-order valence-electron chi connectivity index (χ0n) is 15.0. The molecule has 8 nitrogen and oxygen atoms in total. The number of hydrogen-bond donors (Lipinski definition) is 2. The smallest absolute Gasteiger partial charge is 0.319 e. The number of sulfonamides is 1. The summed E-state index contributed by atoms with van der Waals surface area (Å²) >= 11 is 0. The van der Waals surface area contributed by atoms with E-state index in [1.807, 2.05) is 0 Å². The highest BCUT2D eigenvalue weighted by Gasteiger charge is 2.49. The number of Topliss-reactive ketones (excluding diaryl/α,β-unsaturated/α-hetero) is 1. The van der Waals surface area contributed by atoms with Crippen molar-refractivity contribution in [1.29, 1.82) is 0 Å². The second kappa shape index (κ2) is 7.01. The number of nitrogens with one attached hydrogen (secondary N) is 1. The summed E-state index contributed by atoms with van der Waals surface area (Å²) in [5, 5.41) is 7.49. The van der Waals surface area contributed by atoms with Crippen LogP contribution in [0.3, 0.4) is 0 Å². The number of amides is 3. The summed E-state index contributed by atoms with van der Waals surface area (Å²) in [7, 11) is -3.94. The van der Waals surface area contributed by atoms with Crippen LogP contribution >= 0.6 is 0 Å². The Hall–Kier alpha value is -3.18. The zero-order chi connectivity index (χ0) is 21.6. The Kier molecular flexibility index (Phi) is 4.97. The molecule has 1 aliphatic heterocycles. The Balaban J connectivity index is 1.85. The molecule has 1 aliphatic rings. The molecule has 1 heterocycles. The molecule has 1 fully saturated rings. The van der Waals surface area contributed by atoms with E-state index in [9.17, 15) is 31.6 Å². The average molecular weight is 423 g/mol. The predicted octanol–water partition coefficient (Wildman–Crippen LogP) is 1.26. The van der Waals surface area contributed by atoms with E-state index in [0.717, 1.165) is 12.1 Å². The van der Waals surface area contributed by atoms with Crippen LogP contribution in [0.5, 0.6) is 0 Å². The first-order chi connectivity index (χ1) is 13.4. The van der Waals surface area contributed by atoms with Crippen LogP contribution in [0.25, 0.3) is 0 Å². The zero-order valence-corrected chi connectivity index (χ0v) is 15.8. The molecule has 11 heteroatoms. The van der Waals surface area contributed by atoms with Gasteiger partial charge in [-0.05, 0) is 42.8 Å². The van der Waals surface area contributed by atoms with Crippen LogP contribution in [0, 0.1) is 11.6 Å². The molecule has 1 unspecified atom stereocenters. The van der Waals surface area contributed by atoms with Gasteiger partial charge in [0.25, 0.3) is 5.91 Å². The summed E-state index contributed by atoms with van der Waals surface area (Å²) < 4.78 is 49.1. The molecule has 0 aromatic heterocycles. The topological polar surface area (TPSA) is 127 Å². The predicted molar refractivity (Wildman–Crippen MR) is 96.1 cm³/mol. The van der Waals surface area contributed by atoms with Gasteiger partial charge in [0, 0.05) is 5.56 Å². The fraction of sp³-hybridized carbons (Fsp3) is 0.167. The maximum atomic E-state index is 13.3. The Labute approximate surface area is 164 Å². The third kappa shape index (κ3) is 3.74. The minimum atomic E-state index is -3.94. The Morgan fingerprint density at radius 2 is 1.72 bits per heavy atom. The number of halogens is 2. The third-order valence-corrected chi connectivity index (χ3v) is 5.51. The van der Waals surface area contributed by atoms with Gasteiger partial charge in [-0.1, -0.05) is 12.1 Å². The summed E-state index contributed by atoms with van der Waals surface area (Å²) in [6.07, 6.45) is 0. The number of primary sulfonamides is 1. The maximum Gasteiger partial charge on any atom is 0.325 e. The lowest BCUT2D eigenvalue weighted by molar-refractivity contribution is -0.130. The molecule has 2 aromatic carbocycles. The molecule has 3 amide bonds. The molecule has 1 atom stereocenters. The number of nitrogens with zero attached hydrogens (tertiary/aromatic N) is 1. The normalized spacial score (nSPS) is 19.4. The molecular formula is C18H15F2N3O5S. The van der Waals surface area contributed by atoms with Gasteiger partial charge < -0.3 is 5.32 Å². The summed E-state index contributed by atoms with van der Waals surface area (Å²) in [4.78, 5) is 37.9. The number of rotatable bonds is 5. The number of ketones is 1. The highest BCUT2D eigenvalue weighted by Crippen LogP contribution is 2.29. The number of urea groups is 1. The van der Waals surface area contributed by atoms with Crippen molar-refractivity contribution >= 4 is 27.7 Å². The minimum absolute atomic E-state index is 0.174. The molecule has 2 aromatic rings. The van der Waals surface area contributed by atoms with Crippen LogP contribution in [0.2, 0.25) is 0 Å². The highest BCUT2D eigenvalue weighted by atomic mass is 32.2. The lowest BCUT2D eigenvalue weighted by atomic mass is 9.92. The monoisotopic (exact) mass is 423 g/mol. The molecule has 3 N–H and O–H groups in total. The van der Waals surface area contributed by atoms with E-state index >= 15 is 0 Å². The van der Waals surface area contributed by atoms with E-state index in [2.05, 4.69) is 5.32 Å². The summed E-state index contributed by atoms with van der Waals surface area (Å²) in [6, 6.07) is 6.65. The van der Waals surface area contributed by atoms with Crippen LogP contribution in [-0.2, 0) is 20.4 Å². The van der Waals surface area contributed by atoms with Crippen molar-refractivity contribution in [1.82, 2.24) is 10.2 Å². The van der Waals surface area contributed by atoms with Crippen molar-refractivity contribution in [2.24, 2.45) is 5.14 Å². The standard InChI is InChI=1S/C18H15F2N3O5S/c1-18(11-3-5-12(6-4-11)29(21,27)28)16(25)23(17(26)22-18)9-15(24)10-2-7-13(19)14(20)8-10/h2-8H,9H2,1H3,(H,22,26)(H2,21,27,28). The Morgan fingerprint density at radius 3 is 2.28 bits per heavy atom. The molecule has 0 bridgehead atoms. The summed E-state index contributed by atoms with van der Waals surface area (Å²) in [6.45, 7) is 0.710. The number of carbonyl (C=O) groups is 3. The number of nitrogens with two attached hydrogens (primary N) is 1. The van der Waals surface area contributed by atoms with E-state index in [1.165, 1.54) is 31.2 Å². The first kappa shape index (κ1) is 20.6. The van der Waals surface area contributed by atoms with E-state index in [1.54, 1.807) is 0 Å². The molecule has 0 aliphatic carbocycles. The first-order valence-electron chi connectivity index (χ1n) is 8.19. The van der Waals surface area contributed by atoms with Gasteiger partial charge in [0.05, 0.1) is 11.4 Å². The van der Waals surface area contributed by atoms with Gasteiger partial charge in [-0.15, -0.1) is 0 Å². The summed E-state index contributed by atoms with van der Waals surface area (Å²) in [5.74, 6) is -3.89. The first-order valence-corrected chi connectivity index (χ1v) is 9.74. The van der Waals surface area contributed by atoms with Crippen LogP contribution in [-0.4, -0.2) is 37.6 Å². The lowest BCUT2D eigenvalue weighted by Crippen LogP contribution is -2.41. The second-order valence-corrected chi connectivity index (χ2v) is 8.13. The van der Waals surface area contributed by atoms with Crippen molar-refractivity contribution in [3.8, 4) is 0 Å². The van der Waals surface area contributed by atoms with Gasteiger partial charge in [0.1, 0.15) is 5.54 Å². The van der Waals surface area contributed by atoms with Crippen molar-refractivity contribution in [2.75, 3.05) is 6.54 Å². The Bertz CT molecular complexity index is 1130. The molecule has 1 saturated heterocycles. The van der Waals surface area contributed by atoms with Crippen molar-refractivity contribution in [2.45, 2.75) is 17.4 Å². The van der Waals surface area contributed by atoms with Crippen LogP contribution in [0.1, 0.15) is 22.8 Å². The Morgan fingerprint density at radius 1 is 1.10 bits per heavy atom. The van der Waals surface area contributed by atoms with Gasteiger partial charge in [0.15, 0.2) is 17.4 Å². The van der Waals surface area contributed by atoms with Gasteiger partial charge in [-0.2, -0.15) is 0 Å². The van der Waals surface area contributed by atoms with Crippen LogP contribution < -0.4 is 10.5 Å². The van der Waals surface area contributed by atoms with Gasteiger partial charge in [-0.25, -0.2) is 27.1 Å². The second-order valence-electron chi connectivity index (χ2n) is 6.57. The molecule has 152 valence electrons. The highest BCUT2D eigenvalue weighted by molar-refractivity contribution is 7.89. The SMILES string of the molecule is CC1(c2ccc(S(N)(=O)=O)cc2)NC(=O)N(CC(=O)c2ccc(F)c(F)c2)C1=O. The van der Waals surface area contributed by atoms with Crippen molar-refractivity contribution in [3.05, 3.63) is 65.2 Å². The fourth-order valence-electron chi connectivity index (χ4n) is 2.92. The lowest BCUT2D eigenvalue weighted by Gasteiger charge is -2.22. The maximum absolute atomic E-state index is 13.3. The molecular weight excluding hydrogens is 408 g/mol. The molecule has 29 heavy (non-hydrogen) atoms. The molecule has 0 radical (unpaired) electrons. The third-order valence-electron chi connectivity index (χ3n) is 4.58. The quantitative estimate of drug-likeness (QED) is 0.553. The number of benzene rings is 2.